The number of nitrogens with zero attached hydrogens (tertiary/aromatic N) is 1. The summed E-state index contributed by atoms with van der Waals surface area (Å²) in [6.45, 7) is 12.2. The molecule has 206 valence electrons. The van der Waals surface area contributed by atoms with Gasteiger partial charge in [-0.1, -0.05) is 25.5 Å². The minimum Gasteiger partial charge on any atom is -0.443 e. The van der Waals surface area contributed by atoms with Gasteiger partial charge in [0.1, 0.15) is 29.5 Å². The highest BCUT2D eigenvalue weighted by atomic mass is 16.6. The van der Waals surface area contributed by atoms with Gasteiger partial charge in [-0.2, -0.15) is 0 Å². The lowest BCUT2D eigenvalue weighted by molar-refractivity contribution is -0.125. The topological polar surface area (TPSA) is 105 Å². The SMILES string of the molecule is CO[C@@H]1[C@H](OC(=O)N[C@@H](C(=O)NCCCN(C)C)C(C)C)CC[C@]2(CO2)[C@H]1[C@@]1(C)OC1CC=C(C)C. The lowest BCUT2D eigenvalue weighted by Crippen LogP contribution is -2.57. The summed E-state index contributed by atoms with van der Waals surface area (Å²) in [5.41, 5.74) is 0.587. The lowest BCUT2D eigenvalue weighted by Gasteiger charge is -2.42. The van der Waals surface area contributed by atoms with E-state index < -0.39 is 23.8 Å². The van der Waals surface area contributed by atoms with Crippen molar-refractivity contribution in [3.63, 3.8) is 0 Å². The third-order valence-corrected chi connectivity index (χ3v) is 7.80. The number of allylic oxidation sites excluding steroid dienone is 1. The first-order valence-electron chi connectivity index (χ1n) is 13.3. The zero-order valence-electron chi connectivity index (χ0n) is 23.4. The normalized spacial score (nSPS) is 33.8. The average Bonchev–Trinajstić information content (AvgIpc) is 3.71. The predicted molar refractivity (Wildman–Crippen MR) is 138 cm³/mol. The molecule has 0 bridgehead atoms. The molecule has 2 amide bonds. The molecular weight excluding hydrogens is 462 g/mol. The Morgan fingerprint density at radius 2 is 1.94 bits per heavy atom. The summed E-state index contributed by atoms with van der Waals surface area (Å²) in [5, 5.41) is 5.72. The fourth-order valence-corrected chi connectivity index (χ4v) is 5.62. The molecule has 1 spiro atoms. The Morgan fingerprint density at radius 1 is 1.25 bits per heavy atom. The van der Waals surface area contributed by atoms with Gasteiger partial charge in [0.15, 0.2) is 0 Å². The fourth-order valence-electron chi connectivity index (χ4n) is 5.62. The zero-order chi connectivity index (χ0) is 26.7. The van der Waals surface area contributed by atoms with E-state index in [0.29, 0.717) is 19.6 Å². The van der Waals surface area contributed by atoms with E-state index in [0.717, 1.165) is 25.8 Å². The van der Waals surface area contributed by atoms with E-state index in [9.17, 15) is 9.59 Å². The van der Waals surface area contributed by atoms with Crippen LogP contribution in [0.4, 0.5) is 4.79 Å². The molecule has 2 N–H and O–H groups in total. The van der Waals surface area contributed by atoms with Gasteiger partial charge < -0.3 is 34.5 Å². The van der Waals surface area contributed by atoms with E-state index in [-0.39, 0.29) is 35.6 Å². The molecule has 3 rings (SSSR count). The fraction of sp³-hybridized carbons (Fsp3) is 0.852. The van der Waals surface area contributed by atoms with Crippen molar-refractivity contribution in [3.05, 3.63) is 11.6 Å². The third-order valence-electron chi connectivity index (χ3n) is 7.80. The Kier molecular flexibility index (Phi) is 9.46. The highest BCUT2D eigenvalue weighted by Gasteiger charge is 2.72. The number of methoxy groups -OCH3 is 1. The molecule has 7 atom stereocenters. The van der Waals surface area contributed by atoms with E-state index in [4.69, 9.17) is 18.9 Å². The molecule has 9 heteroatoms. The highest BCUT2D eigenvalue weighted by Crippen LogP contribution is 2.59. The molecule has 1 aliphatic carbocycles. The van der Waals surface area contributed by atoms with Gasteiger partial charge in [-0.3, -0.25) is 4.79 Å². The summed E-state index contributed by atoms with van der Waals surface area (Å²) in [6, 6.07) is -0.673. The minimum absolute atomic E-state index is 0.0435. The number of rotatable bonds is 12. The Labute approximate surface area is 216 Å². The molecule has 3 fully saturated rings. The number of amides is 2. The van der Waals surface area contributed by atoms with Gasteiger partial charge in [0.2, 0.25) is 5.91 Å². The molecule has 1 saturated carbocycles. The Hall–Kier alpha value is -1.68. The van der Waals surface area contributed by atoms with Crippen molar-refractivity contribution >= 4 is 12.0 Å². The summed E-state index contributed by atoms with van der Waals surface area (Å²) in [4.78, 5) is 27.8. The van der Waals surface area contributed by atoms with Crippen molar-refractivity contribution in [2.75, 3.05) is 40.9 Å². The third kappa shape index (κ3) is 6.79. The molecule has 0 aromatic heterocycles. The van der Waals surface area contributed by atoms with Crippen molar-refractivity contribution in [1.82, 2.24) is 15.5 Å². The summed E-state index contributed by atoms with van der Waals surface area (Å²) in [5.74, 6) is -0.323. The van der Waals surface area contributed by atoms with Gasteiger partial charge in [0.05, 0.1) is 18.6 Å². The summed E-state index contributed by atoms with van der Waals surface area (Å²) >= 11 is 0. The predicted octanol–water partition coefficient (Wildman–Crippen LogP) is 2.88. The smallest absolute Gasteiger partial charge is 0.408 e. The van der Waals surface area contributed by atoms with Crippen LogP contribution in [0.25, 0.3) is 0 Å². The van der Waals surface area contributed by atoms with Crippen molar-refractivity contribution in [3.8, 4) is 0 Å². The molecule has 3 aliphatic rings. The van der Waals surface area contributed by atoms with Crippen LogP contribution in [-0.2, 0) is 23.7 Å². The average molecular weight is 510 g/mol. The van der Waals surface area contributed by atoms with Crippen LogP contribution in [0, 0.1) is 11.8 Å². The largest absolute Gasteiger partial charge is 0.443 e. The van der Waals surface area contributed by atoms with Gasteiger partial charge in [0, 0.05) is 13.7 Å². The number of hydrogen-bond donors (Lipinski definition) is 2. The zero-order valence-corrected chi connectivity index (χ0v) is 23.4. The first kappa shape index (κ1) is 28.9. The first-order valence-corrected chi connectivity index (χ1v) is 13.3. The Bertz CT molecular complexity index is 807. The van der Waals surface area contributed by atoms with Crippen LogP contribution in [0.1, 0.15) is 60.3 Å². The van der Waals surface area contributed by atoms with Gasteiger partial charge in [-0.05, 0) is 73.0 Å². The highest BCUT2D eigenvalue weighted by molar-refractivity contribution is 5.85. The number of hydrogen-bond acceptors (Lipinski definition) is 7. The quantitative estimate of drug-likeness (QED) is 0.237. The standard InChI is InChI=1S/C27H47N3O6/c1-17(2)10-11-20-26(5,36-20)23-22(33-8)19(12-13-27(23)16-34-27)35-25(32)29-21(18(3)4)24(31)28-14-9-15-30(6)7/h10,18-23H,9,11-16H2,1-8H3,(H,28,31)(H,29,32)/t19-,20?,21-,22-,23-,26+,27+/m1/s1. The molecule has 36 heavy (non-hydrogen) atoms. The number of carbonyl (C=O) groups excluding carboxylic acids is 2. The van der Waals surface area contributed by atoms with E-state index in [2.05, 4.69) is 42.4 Å². The molecule has 2 heterocycles. The van der Waals surface area contributed by atoms with Gasteiger partial charge in [0.25, 0.3) is 0 Å². The number of carbonyl (C=O) groups is 2. The van der Waals surface area contributed by atoms with Crippen LogP contribution in [-0.4, -0.2) is 93.4 Å². The molecule has 9 nitrogen and oxygen atoms in total. The lowest BCUT2D eigenvalue weighted by atomic mass is 9.68. The monoisotopic (exact) mass is 509 g/mol. The summed E-state index contributed by atoms with van der Waals surface area (Å²) < 4.78 is 24.1. The van der Waals surface area contributed by atoms with Crippen molar-refractivity contribution in [2.24, 2.45) is 11.8 Å². The molecule has 0 aromatic rings. The number of alkyl carbamates (subject to hydrolysis) is 1. The maximum absolute atomic E-state index is 13.0. The number of nitrogens with one attached hydrogen (secondary N) is 2. The van der Waals surface area contributed by atoms with E-state index in [1.54, 1.807) is 7.11 Å². The number of epoxide rings is 2. The summed E-state index contributed by atoms with van der Waals surface area (Å²) in [7, 11) is 5.65. The van der Waals surface area contributed by atoms with E-state index in [1.807, 2.05) is 27.9 Å². The summed E-state index contributed by atoms with van der Waals surface area (Å²) in [6.07, 6.45) is 3.98. The van der Waals surface area contributed by atoms with Crippen molar-refractivity contribution in [2.45, 2.75) is 95.9 Å². The maximum atomic E-state index is 13.0. The second-order valence-corrected chi connectivity index (χ2v) is 11.6. The van der Waals surface area contributed by atoms with Crippen LogP contribution in [0.3, 0.4) is 0 Å². The molecule has 1 unspecified atom stereocenters. The van der Waals surface area contributed by atoms with Crippen LogP contribution < -0.4 is 10.6 Å². The molecular formula is C27H47N3O6. The van der Waals surface area contributed by atoms with Crippen LogP contribution in [0.5, 0.6) is 0 Å². The molecule has 2 saturated heterocycles. The molecule has 0 aromatic carbocycles. The van der Waals surface area contributed by atoms with Crippen molar-refractivity contribution in [1.29, 1.82) is 0 Å². The molecule has 0 radical (unpaired) electrons. The Morgan fingerprint density at radius 3 is 2.50 bits per heavy atom. The number of ether oxygens (including phenoxy) is 4. The van der Waals surface area contributed by atoms with E-state index in [1.165, 1.54) is 5.57 Å². The maximum Gasteiger partial charge on any atom is 0.408 e. The molecule has 2 aliphatic heterocycles. The van der Waals surface area contributed by atoms with Crippen molar-refractivity contribution < 1.29 is 28.5 Å². The Balaban J connectivity index is 1.62. The van der Waals surface area contributed by atoms with Gasteiger partial charge in [-0.25, -0.2) is 4.79 Å². The van der Waals surface area contributed by atoms with Crippen LogP contribution in [0.15, 0.2) is 11.6 Å². The second-order valence-electron chi connectivity index (χ2n) is 11.6. The first-order chi connectivity index (χ1) is 16.9. The minimum atomic E-state index is -0.673. The second kappa shape index (κ2) is 11.8. The van der Waals surface area contributed by atoms with Gasteiger partial charge >= 0.3 is 6.09 Å². The van der Waals surface area contributed by atoms with Gasteiger partial charge in [-0.15, -0.1) is 0 Å². The van der Waals surface area contributed by atoms with Crippen LogP contribution in [0.2, 0.25) is 0 Å². The van der Waals surface area contributed by atoms with Crippen LogP contribution >= 0.6 is 0 Å². The van der Waals surface area contributed by atoms with E-state index >= 15 is 0 Å².